The summed E-state index contributed by atoms with van der Waals surface area (Å²) in [5, 5.41) is 12.7. The number of halogens is 2. The molecule has 0 saturated carbocycles. The van der Waals surface area contributed by atoms with Crippen LogP contribution >= 0.6 is 27.5 Å². The number of nitriles is 1. The molecule has 1 aromatic carbocycles. The van der Waals surface area contributed by atoms with Crippen LogP contribution in [0, 0.1) is 11.3 Å². The molecule has 0 radical (unpaired) electrons. The van der Waals surface area contributed by atoms with E-state index in [1.807, 2.05) is 19.1 Å². The summed E-state index contributed by atoms with van der Waals surface area (Å²) >= 11 is 9.42. The number of aromatic nitrogens is 2. The van der Waals surface area contributed by atoms with Crippen LogP contribution in [-0.4, -0.2) is 9.97 Å². The highest BCUT2D eigenvalue weighted by molar-refractivity contribution is 9.10. The Morgan fingerprint density at radius 1 is 1.42 bits per heavy atom. The lowest BCUT2D eigenvalue weighted by molar-refractivity contribution is 1.05. The van der Waals surface area contributed by atoms with Crippen LogP contribution in [-0.2, 0) is 6.42 Å². The fourth-order valence-electron chi connectivity index (χ4n) is 1.66. The van der Waals surface area contributed by atoms with E-state index in [0.29, 0.717) is 28.6 Å². The zero-order chi connectivity index (χ0) is 13.8. The Balaban J connectivity index is 2.45. The van der Waals surface area contributed by atoms with Gasteiger partial charge in [-0.2, -0.15) is 5.26 Å². The quantitative estimate of drug-likeness (QED) is 0.858. The number of rotatable bonds is 3. The molecule has 0 aliphatic carbocycles. The fourth-order valence-corrected chi connectivity index (χ4v) is 2.28. The van der Waals surface area contributed by atoms with Gasteiger partial charge in [-0.1, -0.05) is 34.5 Å². The summed E-state index contributed by atoms with van der Waals surface area (Å²) in [4.78, 5) is 8.13. The topological polar surface area (TPSA) is 61.6 Å². The summed E-state index contributed by atoms with van der Waals surface area (Å²) in [6, 6.07) is 7.52. The van der Waals surface area contributed by atoms with E-state index in [0.717, 1.165) is 10.0 Å². The summed E-state index contributed by atoms with van der Waals surface area (Å²) in [5.41, 5.74) is 2.05. The van der Waals surface area contributed by atoms with Crippen molar-refractivity contribution in [3.8, 4) is 6.07 Å². The molecule has 0 aliphatic rings. The van der Waals surface area contributed by atoms with Crippen LogP contribution in [0.15, 0.2) is 29.0 Å². The molecule has 1 aromatic heterocycles. The Labute approximate surface area is 124 Å². The van der Waals surface area contributed by atoms with Crippen molar-refractivity contribution in [3.05, 3.63) is 45.3 Å². The monoisotopic (exact) mass is 336 g/mol. The van der Waals surface area contributed by atoms with Gasteiger partial charge in [0.2, 0.25) is 0 Å². The Kier molecular flexibility index (Phi) is 4.35. The third-order valence-electron chi connectivity index (χ3n) is 2.60. The SMILES string of the molecule is CCc1c(Cl)ncnc1Nc1cc(Br)ccc1C#N. The van der Waals surface area contributed by atoms with Crippen LogP contribution in [0.5, 0.6) is 0 Å². The molecule has 1 N–H and O–H groups in total. The minimum absolute atomic E-state index is 0.425. The number of hydrogen-bond acceptors (Lipinski definition) is 4. The summed E-state index contributed by atoms with van der Waals surface area (Å²) < 4.78 is 0.882. The van der Waals surface area contributed by atoms with E-state index in [2.05, 4.69) is 37.3 Å². The minimum atomic E-state index is 0.425. The molecule has 1 heterocycles. The average molecular weight is 338 g/mol. The lowest BCUT2D eigenvalue weighted by atomic mass is 10.2. The van der Waals surface area contributed by atoms with E-state index in [-0.39, 0.29) is 0 Å². The number of hydrogen-bond donors (Lipinski definition) is 1. The van der Waals surface area contributed by atoms with Crippen LogP contribution in [0.1, 0.15) is 18.1 Å². The second-order valence-electron chi connectivity index (χ2n) is 3.77. The van der Waals surface area contributed by atoms with Crippen molar-refractivity contribution in [1.82, 2.24) is 9.97 Å². The maximum absolute atomic E-state index is 9.10. The summed E-state index contributed by atoms with van der Waals surface area (Å²) in [5.74, 6) is 0.622. The van der Waals surface area contributed by atoms with Gasteiger partial charge < -0.3 is 5.32 Å². The largest absolute Gasteiger partial charge is 0.339 e. The first-order valence-electron chi connectivity index (χ1n) is 5.61. The zero-order valence-corrected chi connectivity index (χ0v) is 12.5. The Bertz CT molecular complexity index is 652. The molecule has 0 aliphatic heterocycles. The van der Waals surface area contributed by atoms with Gasteiger partial charge in [0.15, 0.2) is 0 Å². The van der Waals surface area contributed by atoms with Crippen LogP contribution in [0.2, 0.25) is 5.15 Å². The minimum Gasteiger partial charge on any atom is -0.339 e. The second-order valence-corrected chi connectivity index (χ2v) is 5.05. The molecule has 0 bridgehead atoms. The Morgan fingerprint density at radius 3 is 2.89 bits per heavy atom. The summed E-state index contributed by atoms with van der Waals surface area (Å²) in [6.45, 7) is 1.97. The number of benzene rings is 1. The van der Waals surface area contributed by atoms with Gasteiger partial charge in [-0.25, -0.2) is 9.97 Å². The molecule has 2 rings (SSSR count). The molecule has 0 saturated heterocycles. The van der Waals surface area contributed by atoms with Gasteiger partial charge in [0.05, 0.1) is 11.3 Å². The summed E-state index contributed by atoms with van der Waals surface area (Å²) in [7, 11) is 0. The lowest BCUT2D eigenvalue weighted by Gasteiger charge is -2.11. The first-order chi connectivity index (χ1) is 9.15. The molecular formula is C13H10BrClN4. The highest BCUT2D eigenvalue weighted by atomic mass is 79.9. The third-order valence-corrected chi connectivity index (χ3v) is 3.42. The van der Waals surface area contributed by atoms with Crippen molar-refractivity contribution in [2.24, 2.45) is 0 Å². The molecular weight excluding hydrogens is 328 g/mol. The van der Waals surface area contributed by atoms with Crippen molar-refractivity contribution < 1.29 is 0 Å². The standard InChI is InChI=1S/C13H10BrClN4/c1-2-10-12(15)17-7-18-13(10)19-11-5-9(14)4-3-8(11)6-16/h3-5,7H,2H2,1H3,(H,17,18,19). The molecule has 0 spiro atoms. The molecule has 4 nitrogen and oxygen atoms in total. The van der Waals surface area contributed by atoms with E-state index in [1.165, 1.54) is 6.33 Å². The highest BCUT2D eigenvalue weighted by Gasteiger charge is 2.10. The zero-order valence-electron chi connectivity index (χ0n) is 10.1. The molecule has 19 heavy (non-hydrogen) atoms. The molecule has 0 unspecified atom stereocenters. The van der Waals surface area contributed by atoms with Gasteiger partial charge in [-0.15, -0.1) is 0 Å². The molecule has 96 valence electrons. The van der Waals surface area contributed by atoms with E-state index >= 15 is 0 Å². The number of anilines is 2. The predicted octanol–water partition coefficient (Wildman–Crippen LogP) is 4.07. The van der Waals surface area contributed by atoms with E-state index in [1.54, 1.807) is 6.07 Å². The van der Waals surface area contributed by atoms with Crippen LogP contribution in [0.4, 0.5) is 11.5 Å². The van der Waals surface area contributed by atoms with Gasteiger partial charge in [-0.05, 0) is 24.6 Å². The Hall–Kier alpha value is -1.64. The number of nitrogens with one attached hydrogen (secondary N) is 1. The molecule has 0 fully saturated rings. The Morgan fingerprint density at radius 2 is 2.21 bits per heavy atom. The van der Waals surface area contributed by atoms with Crippen LogP contribution < -0.4 is 5.32 Å². The van der Waals surface area contributed by atoms with Gasteiger partial charge in [0, 0.05) is 10.0 Å². The van der Waals surface area contributed by atoms with E-state index < -0.39 is 0 Å². The van der Waals surface area contributed by atoms with Gasteiger partial charge in [0.25, 0.3) is 0 Å². The average Bonchev–Trinajstić information content (AvgIpc) is 2.39. The van der Waals surface area contributed by atoms with E-state index in [9.17, 15) is 0 Å². The van der Waals surface area contributed by atoms with Crippen LogP contribution in [0.25, 0.3) is 0 Å². The van der Waals surface area contributed by atoms with E-state index in [4.69, 9.17) is 16.9 Å². The number of nitrogens with zero attached hydrogens (tertiary/aromatic N) is 3. The van der Waals surface area contributed by atoms with Crippen LogP contribution in [0.3, 0.4) is 0 Å². The summed E-state index contributed by atoms with van der Waals surface area (Å²) in [6.07, 6.45) is 2.10. The normalized spacial score (nSPS) is 10.0. The molecule has 0 amide bonds. The van der Waals surface area contributed by atoms with Gasteiger partial charge in [0.1, 0.15) is 23.4 Å². The van der Waals surface area contributed by atoms with Gasteiger partial charge in [-0.3, -0.25) is 0 Å². The second kappa shape index (κ2) is 6.00. The smallest absolute Gasteiger partial charge is 0.138 e. The predicted molar refractivity (Wildman–Crippen MR) is 78.6 cm³/mol. The van der Waals surface area contributed by atoms with Crippen molar-refractivity contribution in [1.29, 1.82) is 5.26 Å². The fraction of sp³-hybridized carbons (Fsp3) is 0.154. The highest BCUT2D eigenvalue weighted by Crippen LogP contribution is 2.27. The third kappa shape index (κ3) is 3.03. The molecule has 6 heteroatoms. The molecule has 0 atom stereocenters. The van der Waals surface area contributed by atoms with Gasteiger partial charge >= 0.3 is 0 Å². The van der Waals surface area contributed by atoms with Crippen molar-refractivity contribution in [3.63, 3.8) is 0 Å². The molecule has 2 aromatic rings. The van der Waals surface area contributed by atoms with Crippen molar-refractivity contribution >= 4 is 39.0 Å². The first kappa shape index (κ1) is 13.8. The maximum Gasteiger partial charge on any atom is 0.138 e. The first-order valence-corrected chi connectivity index (χ1v) is 6.78. The lowest BCUT2D eigenvalue weighted by Crippen LogP contribution is -2.02. The van der Waals surface area contributed by atoms with Crippen molar-refractivity contribution in [2.45, 2.75) is 13.3 Å². The maximum atomic E-state index is 9.10. The van der Waals surface area contributed by atoms with Crippen molar-refractivity contribution in [2.75, 3.05) is 5.32 Å².